The molecule has 0 radical (unpaired) electrons. The van der Waals surface area contributed by atoms with E-state index in [0.717, 1.165) is 34.9 Å². The Morgan fingerprint density at radius 1 is 0.531 bits per heavy atom. The average Bonchev–Trinajstić information content (AvgIpc) is 3.31. The molecule has 2 unspecified atom stereocenters. The van der Waals surface area contributed by atoms with E-state index in [9.17, 15) is 14.9 Å². The van der Waals surface area contributed by atoms with E-state index in [1.807, 2.05) is 133 Å². The van der Waals surface area contributed by atoms with Crippen molar-refractivity contribution < 1.29 is 47.8 Å². The predicted octanol–water partition coefficient (Wildman–Crippen LogP) is 8.85. The number of hydrogen-bond donors (Lipinski definition) is 0. The van der Waals surface area contributed by atoms with Crippen molar-refractivity contribution in [3.05, 3.63) is 223 Å². The van der Waals surface area contributed by atoms with Crippen molar-refractivity contribution in [2.45, 2.75) is 70.2 Å². The Morgan fingerprint density at radius 3 is 1.44 bits per heavy atom. The lowest BCUT2D eigenvalue weighted by Gasteiger charge is -2.45. The Morgan fingerprint density at radius 2 is 0.953 bits per heavy atom. The first-order valence-corrected chi connectivity index (χ1v) is 20.7. The Labute approximate surface area is 371 Å². The van der Waals surface area contributed by atoms with E-state index >= 15 is 0 Å². The van der Waals surface area contributed by atoms with E-state index in [1.165, 1.54) is 12.1 Å². The molecule has 0 spiro atoms. The maximum atomic E-state index is 12.6. The second-order valence-electron chi connectivity index (χ2n) is 14.8. The van der Waals surface area contributed by atoms with Crippen molar-refractivity contribution >= 4 is 11.7 Å². The zero-order valence-corrected chi connectivity index (χ0v) is 35.3. The maximum absolute atomic E-state index is 12.6. The summed E-state index contributed by atoms with van der Waals surface area (Å²) in [5.74, 6) is 0.0491. The van der Waals surface area contributed by atoms with Crippen LogP contribution in [-0.2, 0) is 72.7 Å². The van der Waals surface area contributed by atoms with Gasteiger partial charge in [-0.25, -0.2) is 0 Å². The van der Waals surface area contributed by atoms with Gasteiger partial charge in [0.1, 0.15) is 36.8 Å². The number of carbonyl (C=O) groups is 1. The van der Waals surface area contributed by atoms with Crippen LogP contribution in [0.3, 0.4) is 0 Å². The van der Waals surface area contributed by atoms with Crippen LogP contribution in [0.4, 0.5) is 5.69 Å². The molecule has 332 valence electrons. The van der Waals surface area contributed by atoms with E-state index in [-0.39, 0.29) is 31.9 Å². The molecule has 0 N–H and O–H groups in total. The molecule has 0 saturated carbocycles. The molecule has 6 aromatic rings. The fourth-order valence-corrected chi connectivity index (χ4v) is 6.76. The van der Waals surface area contributed by atoms with E-state index in [2.05, 4.69) is 0 Å². The van der Waals surface area contributed by atoms with Gasteiger partial charge in [-0.3, -0.25) is 25.0 Å². The molecule has 14 heteroatoms. The molecule has 1 fully saturated rings. The SMILES string of the molecule is C[N+](=O)[O-].O=C(Cc1ccc([N+](=O)[O-])cc1)OCc1ccc(O[C@@H]2OC(COCc3ccccc3)[C@H](OCc3ccccc3)C(OCc3ccccc3)[C@@H]2OCc2ccccc2)cc1. The summed E-state index contributed by atoms with van der Waals surface area (Å²) in [4.78, 5) is 31.4. The minimum atomic E-state index is -0.943. The van der Waals surface area contributed by atoms with Gasteiger partial charge in [-0.15, -0.1) is 0 Å². The largest absolute Gasteiger partial charge is 0.462 e. The monoisotopic (exact) mass is 870 g/mol. The second-order valence-corrected chi connectivity index (χ2v) is 14.8. The average molecular weight is 871 g/mol. The maximum Gasteiger partial charge on any atom is 0.310 e. The lowest BCUT2D eigenvalue weighted by atomic mass is 9.97. The highest BCUT2D eigenvalue weighted by atomic mass is 16.7. The molecule has 1 aliphatic rings. The Kier molecular flexibility index (Phi) is 18.0. The zero-order chi connectivity index (χ0) is 44.9. The van der Waals surface area contributed by atoms with Crippen molar-refractivity contribution in [2.24, 2.45) is 0 Å². The summed E-state index contributed by atoms with van der Waals surface area (Å²) in [6.07, 6.45) is -3.59. The summed E-state index contributed by atoms with van der Waals surface area (Å²) in [6.45, 7) is 1.47. The lowest BCUT2D eigenvalue weighted by molar-refractivity contribution is -0.445. The van der Waals surface area contributed by atoms with Gasteiger partial charge >= 0.3 is 5.97 Å². The van der Waals surface area contributed by atoms with Gasteiger partial charge in [0.05, 0.1) is 44.4 Å². The number of nitro benzene ring substituents is 1. The van der Waals surface area contributed by atoms with Crippen LogP contribution < -0.4 is 4.74 Å². The molecule has 0 bridgehead atoms. The fourth-order valence-electron chi connectivity index (χ4n) is 6.76. The van der Waals surface area contributed by atoms with E-state index in [0.29, 0.717) is 31.1 Å². The number of carbonyl (C=O) groups excluding carboxylic acids is 1. The molecule has 14 nitrogen and oxygen atoms in total. The topological polar surface area (TPSA) is 168 Å². The van der Waals surface area contributed by atoms with Crippen LogP contribution in [0.2, 0.25) is 0 Å². The first-order chi connectivity index (χ1) is 31.2. The molecular weight excluding hydrogens is 821 g/mol. The molecule has 1 aliphatic heterocycles. The quantitative estimate of drug-likeness (QED) is 0.0407. The van der Waals surface area contributed by atoms with Crippen LogP contribution in [0.1, 0.15) is 33.4 Å². The standard InChI is InChI=1S/C49H47NO10.CH3NO2/c51-45(29-36-21-25-42(26-22-36)50(52)53)55-31-41-23-27-43(28-24-41)59-49-48(58-34-40-19-11-4-12-20-40)47(57-33-39-17-9-3-10-18-39)46(56-32-38-15-7-2-8-16-38)44(60-49)35-54-30-37-13-5-1-6-14-37;1-2(3)4/h1-28,44,46-49H,29-35H2;1H3/t44?,46-,47?,48-,49+;/m0./s1. The van der Waals surface area contributed by atoms with Crippen LogP contribution in [0.5, 0.6) is 5.75 Å². The number of nitro groups is 2. The number of nitrogens with zero attached hydrogens (tertiary/aromatic N) is 2. The molecule has 0 aromatic heterocycles. The summed E-state index contributed by atoms with van der Waals surface area (Å²) in [5, 5.41) is 19.8. The van der Waals surface area contributed by atoms with E-state index in [1.54, 1.807) is 24.3 Å². The number of ether oxygens (including phenoxy) is 7. The first-order valence-electron chi connectivity index (χ1n) is 20.7. The van der Waals surface area contributed by atoms with Crippen LogP contribution in [0.15, 0.2) is 170 Å². The van der Waals surface area contributed by atoms with Crippen molar-refractivity contribution in [3.63, 3.8) is 0 Å². The van der Waals surface area contributed by atoms with Gasteiger partial charge in [-0.2, -0.15) is 0 Å². The molecule has 1 saturated heterocycles. The molecule has 5 atom stereocenters. The Hall–Kier alpha value is -6.81. The lowest BCUT2D eigenvalue weighted by Crippen LogP contribution is -2.62. The molecular formula is C50H50N2O12. The number of rotatable bonds is 20. The molecule has 0 aliphatic carbocycles. The van der Waals surface area contributed by atoms with Gasteiger partial charge in [0.2, 0.25) is 6.29 Å². The summed E-state index contributed by atoms with van der Waals surface area (Å²) in [7, 11) is 0.889. The molecule has 6 aromatic carbocycles. The summed E-state index contributed by atoms with van der Waals surface area (Å²) >= 11 is 0. The highest BCUT2D eigenvalue weighted by Crippen LogP contribution is 2.33. The van der Waals surface area contributed by atoms with Crippen molar-refractivity contribution in [2.75, 3.05) is 13.7 Å². The minimum absolute atomic E-state index is 0.0115. The van der Waals surface area contributed by atoms with Gasteiger partial charge in [-0.05, 0) is 45.5 Å². The van der Waals surface area contributed by atoms with Gasteiger partial charge in [0, 0.05) is 17.1 Å². The van der Waals surface area contributed by atoms with Crippen LogP contribution in [0, 0.1) is 20.2 Å². The normalized spacial score (nSPS) is 17.9. The van der Waals surface area contributed by atoms with Crippen molar-refractivity contribution in [1.29, 1.82) is 0 Å². The van der Waals surface area contributed by atoms with Crippen molar-refractivity contribution in [3.8, 4) is 5.75 Å². The smallest absolute Gasteiger partial charge is 0.310 e. The van der Waals surface area contributed by atoms with Crippen molar-refractivity contribution in [1.82, 2.24) is 0 Å². The Bertz CT molecular complexity index is 2300. The molecule has 1 heterocycles. The number of non-ortho nitro benzene ring substituents is 1. The zero-order valence-electron chi connectivity index (χ0n) is 35.3. The number of hydrogen-bond acceptors (Lipinski definition) is 12. The van der Waals surface area contributed by atoms with E-state index in [4.69, 9.17) is 43.3 Å². The summed E-state index contributed by atoms with van der Waals surface area (Å²) in [6, 6.07) is 52.8. The highest BCUT2D eigenvalue weighted by Gasteiger charge is 2.50. The van der Waals surface area contributed by atoms with Gasteiger partial charge < -0.3 is 33.2 Å². The minimum Gasteiger partial charge on any atom is -0.462 e. The molecule has 7 rings (SSSR count). The summed E-state index contributed by atoms with van der Waals surface area (Å²) in [5.41, 5.74) is 5.31. The molecule has 0 amide bonds. The highest BCUT2D eigenvalue weighted by molar-refractivity contribution is 5.72. The van der Waals surface area contributed by atoms with E-state index < -0.39 is 46.5 Å². The third-order valence-electron chi connectivity index (χ3n) is 9.91. The first kappa shape index (κ1) is 46.7. The second kappa shape index (κ2) is 24.7. The Balaban J connectivity index is 0.00000163. The van der Waals surface area contributed by atoms with Crippen LogP contribution in [-0.4, -0.2) is 60.2 Å². The third-order valence-corrected chi connectivity index (χ3v) is 9.91. The third kappa shape index (κ3) is 15.2. The van der Waals surface area contributed by atoms with Gasteiger partial charge in [-0.1, -0.05) is 146 Å². The van der Waals surface area contributed by atoms with Gasteiger partial charge in [0.25, 0.3) is 5.69 Å². The summed E-state index contributed by atoms with van der Waals surface area (Å²) < 4.78 is 45.6. The van der Waals surface area contributed by atoms with Crippen LogP contribution >= 0.6 is 0 Å². The van der Waals surface area contributed by atoms with Gasteiger partial charge in [0.15, 0.2) is 7.05 Å². The molecule has 64 heavy (non-hydrogen) atoms. The predicted molar refractivity (Wildman–Crippen MR) is 236 cm³/mol. The number of benzene rings is 6. The van der Waals surface area contributed by atoms with Crippen LogP contribution in [0.25, 0.3) is 0 Å². The number of esters is 1. The fraction of sp³-hybridized carbons (Fsp3) is 0.260.